The minimum absolute atomic E-state index is 0. The van der Waals surface area contributed by atoms with Crippen LogP contribution in [0, 0.1) is 24.8 Å². The summed E-state index contributed by atoms with van der Waals surface area (Å²) in [6.07, 6.45) is 6.88. The molecule has 259 valence electrons. The molecule has 48 heavy (non-hydrogen) atoms. The number of carbonyl (C=O) groups excluding carboxylic acids is 1. The van der Waals surface area contributed by atoms with Crippen molar-refractivity contribution in [3.63, 3.8) is 0 Å². The molecule has 0 amide bonds. The van der Waals surface area contributed by atoms with E-state index in [4.69, 9.17) is 4.98 Å². The molecule has 0 aliphatic rings. The van der Waals surface area contributed by atoms with Crippen LogP contribution in [0.5, 0.6) is 0 Å². The monoisotopic (exact) mass is 903 g/mol. The number of allylic oxidation sites excluding steroid dienone is 2. The quantitative estimate of drug-likeness (QED) is 0.0694. The fraction of sp³-hybridized carbons (Fsp3) is 0.429. The van der Waals surface area contributed by atoms with Crippen molar-refractivity contribution in [3.05, 3.63) is 83.8 Å². The Balaban J connectivity index is 0.000000334. The molecule has 6 heteroatoms. The van der Waals surface area contributed by atoms with Crippen LogP contribution in [-0.2, 0) is 30.3 Å². The molecule has 0 atom stereocenters. The van der Waals surface area contributed by atoms with Crippen molar-refractivity contribution >= 4 is 65.7 Å². The zero-order valence-corrected chi connectivity index (χ0v) is 36.1. The van der Waals surface area contributed by atoms with Gasteiger partial charge in [-0.05, 0) is 25.7 Å². The van der Waals surface area contributed by atoms with Gasteiger partial charge in [0, 0.05) is 38.0 Å². The van der Waals surface area contributed by atoms with Gasteiger partial charge in [-0.3, -0.25) is 4.79 Å². The van der Waals surface area contributed by atoms with Crippen molar-refractivity contribution in [3.8, 4) is 11.3 Å². The van der Waals surface area contributed by atoms with Crippen molar-refractivity contribution in [2.75, 3.05) is 0 Å². The van der Waals surface area contributed by atoms with E-state index in [2.05, 4.69) is 99.6 Å². The first-order valence-corrected chi connectivity index (χ1v) is 25.5. The average molecular weight is 902 g/mol. The van der Waals surface area contributed by atoms with E-state index in [-0.39, 0.29) is 48.9 Å². The third kappa shape index (κ3) is 8.88. The summed E-state index contributed by atoms with van der Waals surface area (Å²) in [5.41, 5.74) is 4.84. The van der Waals surface area contributed by atoms with Gasteiger partial charge in [0.05, 0.1) is 5.76 Å². The number of hydrogen-bond donors (Lipinski definition) is 1. The standard InChI is InChI=1S/C29H30GeNS.C13H24O2.Ir/c1-18-11-12-19-16-20(17-24(23(19)15-18)29(2,3)4)26-28-22(13-14-31-26)21-9-8-10-25(27(21)32-28)30(5,6)7;1-5-10(6-2)12(14)9-13(15)11(7-3)8-4;/h8-15,17H,1-7H3;9-11,14H,5-8H2,1-4H3;/q-1;;/b;12-9-;. The molecule has 0 saturated heterocycles. The molecule has 0 aliphatic carbocycles. The number of carbonyl (C=O) groups is 1. The Labute approximate surface area is 309 Å². The number of hydrogen-bond acceptors (Lipinski definition) is 4. The van der Waals surface area contributed by atoms with E-state index in [1.807, 2.05) is 45.2 Å². The van der Waals surface area contributed by atoms with Crippen LogP contribution in [0.3, 0.4) is 0 Å². The smallest absolute Gasteiger partial charge is 0 e. The third-order valence-electron chi connectivity index (χ3n) is 9.39. The third-order valence-corrected chi connectivity index (χ3v) is 15.3. The van der Waals surface area contributed by atoms with Gasteiger partial charge in [0.15, 0.2) is 5.78 Å². The molecule has 0 unspecified atom stereocenters. The number of pyridine rings is 1. The number of aryl methyl sites for hydroxylation is 1. The van der Waals surface area contributed by atoms with Gasteiger partial charge in [-0.15, -0.1) is 0 Å². The first-order valence-electron chi connectivity index (χ1n) is 17.4. The summed E-state index contributed by atoms with van der Waals surface area (Å²) >= 11 is -0.0702. The van der Waals surface area contributed by atoms with Crippen molar-refractivity contribution < 1.29 is 30.0 Å². The van der Waals surface area contributed by atoms with Gasteiger partial charge in [0.1, 0.15) is 0 Å². The van der Waals surface area contributed by atoms with Crippen LogP contribution in [0.4, 0.5) is 0 Å². The number of aliphatic hydroxyl groups is 1. The molecule has 3 nitrogen and oxygen atoms in total. The van der Waals surface area contributed by atoms with E-state index < -0.39 is 13.3 Å². The van der Waals surface area contributed by atoms with Crippen molar-refractivity contribution in [1.29, 1.82) is 0 Å². The number of rotatable bonds is 9. The maximum atomic E-state index is 11.7. The molecule has 1 N–H and O–H groups in total. The maximum Gasteiger partial charge on any atom is 0 e. The molecule has 3 aromatic carbocycles. The summed E-state index contributed by atoms with van der Waals surface area (Å²) in [6.45, 7) is 17.1. The van der Waals surface area contributed by atoms with Gasteiger partial charge in [-0.2, -0.15) is 0 Å². The van der Waals surface area contributed by atoms with Crippen LogP contribution < -0.4 is 4.40 Å². The molecular formula is C42H54GeIrNO2S-. The van der Waals surface area contributed by atoms with Crippen LogP contribution >= 0.6 is 11.3 Å². The number of nitrogens with zero attached hydrogens (tertiary/aromatic N) is 1. The molecule has 5 rings (SSSR count). The van der Waals surface area contributed by atoms with Gasteiger partial charge in [0.25, 0.3) is 0 Å². The second-order valence-electron chi connectivity index (χ2n) is 15.0. The van der Waals surface area contributed by atoms with E-state index in [0.717, 1.165) is 36.9 Å². The topological polar surface area (TPSA) is 50.2 Å². The summed E-state index contributed by atoms with van der Waals surface area (Å²) in [5, 5.41) is 14.9. The van der Waals surface area contributed by atoms with Crippen molar-refractivity contribution in [1.82, 2.24) is 4.98 Å². The van der Waals surface area contributed by atoms with E-state index in [0.29, 0.717) is 0 Å². The Morgan fingerprint density at radius 3 is 2.10 bits per heavy atom. The van der Waals surface area contributed by atoms with Gasteiger partial charge in [-0.25, -0.2) is 0 Å². The Morgan fingerprint density at radius 2 is 1.52 bits per heavy atom. The molecular weight excluding hydrogens is 847 g/mol. The number of benzene rings is 3. The molecule has 0 spiro atoms. The van der Waals surface area contributed by atoms with Gasteiger partial charge in [0.2, 0.25) is 0 Å². The predicted molar refractivity (Wildman–Crippen MR) is 209 cm³/mol. The number of aliphatic hydroxyl groups excluding tert-OH is 1. The van der Waals surface area contributed by atoms with Gasteiger partial charge in [-0.1, -0.05) is 27.7 Å². The van der Waals surface area contributed by atoms with Crippen molar-refractivity contribution in [2.45, 2.75) is 104 Å². The molecule has 0 fully saturated rings. The van der Waals surface area contributed by atoms with E-state index in [1.54, 1.807) is 4.40 Å². The Morgan fingerprint density at radius 1 is 0.896 bits per heavy atom. The van der Waals surface area contributed by atoms with Crippen LogP contribution in [0.15, 0.2) is 66.6 Å². The van der Waals surface area contributed by atoms with Crippen LogP contribution in [0.25, 0.3) is 42.2 Å². The summed E-state index contributed by atoms with van der Waals surface area (Å²) in [5.74, 6) is 7.98. The summed E-state index contributed by atoms with van der Waals surface area (Å²) in [6, 6.07) is 21.8. The molecule has 2 heterocycles. The summed E-state index contributed by atoms with van der Waals surface area (Å²) in [7, 11) is 0. The first kappa shape index (κ1) is 40.1. The maximum absolute atomic E-state index is 11.7. The average Bonchev–Trinajstić information content (AvgIpc) is 3.40. The number of fused-ring (bicyclic) bond motifs is 4. The fourth-order valence-electron chi connectivity index (χ4n) is 6.43. The fourth-order valence-corrected chi connectivity index (χ4v) is 12.5. The second-order valence-corrected chi connectivity index (χ2v) is 26.6. The number of aromatic nitrogens is 1. The van der Waals surface area contributed by atoms with Crippen LogP contribution in [-0.4, -0.2) is 29.1 Å². The predicted octanol–water partition coefficient (Wildman–Crippen LogP) is 12.1. The number of ketones is 1. The molecule has 5 aromatic rings. The van der Waals surface area contributed by atoms with E-state index in [9.17, 15) is 9.90 Å². The minimum atomic E-state index is -1.99. The summed E-state index contributed by atoms with van der Waals surface area (Å²) < 4.78 is 4.32. The Hall–Kier alpha value is -2.31. The van der Waals surface area contributed by atoms with E-state index >= 15 is 0 Å². The van der Waals surface area contributed by atoms with Crippen LogP contribution in [0.1, 0.15) is 85.3 Å². The van der Waals surface area contributed by atoms with Crippen molar-refractivity contribution in [2.24, 2.45) is 11.8 Å². The molecule has 0 aliphatic heterocycles. The Kier molecular flexibility index (Phi) is 13.9. The SMILES string of the molecule is CCC(CC)C(=O)/C=C(\O)C(CC)CC.Cc1ccc2[c-]c(-c3nccc4c3sc3[c]([Ge]([CH3])([CH3])[CH3])cccc34)cc(C(C)(C)C)c2c1.[Ir]. The van der Waals surface area contributed by atoms with Gasteiger partial charge < -0.3 is 5.11 Å². The normalized spacial score (nSPS) is 12.5. The van der Waals surface area contributed by atoms with E-state index in [1.165, 1.54) is 48.1 Å². The molecule has 1 radical (unpaired) electrons. The zero-order chi connectivity index (χ0) is 34.7. The van der Waals surface area contributed by atoms with Gasteiger partial charge >= 0.3 is 198 Å². The molecule has 0 saturated carbocycles. The molecule has 0 bridgehead atoms. The molecule has 2 aromatic heterocycles. The second kappa shape index (κ2) is 16.6. The zero-order valence-electron chi connectivity index (χ0n) is 30.8. The Bertz CT molecular complexity index is 1900. The summed E-state index contributed by atoms with van der Waals surface area (Å²) in [4.78, 5) is 16.6. The number of thiophene rings is 1. The minimum Gasteiger partial charge on any atom is 0 e. The largest absolute Gasteiger partial charge is 0 e. The van der Waals surface area contributed by atoms with Crippen LogP contribution in [0.2, 0.25) is 17.3 Å². The first-order chi connectivity index (χ1) is 22.1.